The van der Waals surface area contributed by atoms with Crippen molar-refractivity contribution < 1.29 is 0 Å². The summed E-state index contributed by atoms with van der Waals surface area (Å²) in [7, 11) is 0. The molecule has 0 spiro atoms. The van der Waals surface area contributed by atoms with E-state index in [-0.39, 0.29) is 0 Å². The van der Waals surface area contributed by atoms with E-state index in [9.17, 15) is 0 Å². The first-order valence-corrected chi connectivity index (χ1v) is 8.37. The molecule has 0 atom stereocenters. The molecule has 0 aliphatic heterocycles. The smallest absolute Gasteiger partial charge is 0.0351 e. The fraction of sp³-hybridized carbons (Fsp3) is 0.0476. The number of rotatable bonds is 1. The average molecular weight is 298 g/mol. The molecule has 0 amide bonds. The highest BCUT2D eigenvalue weighted by atomic mass is 32.1. The Labute approximate surface area is 133 Å². The SMILES string of the molecule is Cc1ccc(-c2ccc3c4c(cccc24)-c2ccccc2-3)s1. The van der Waals surface area contributed by atoms with Crippen molar-refractivity contribution in [1.29, 1.82) is 0 Å². The molecule has 0 radical (unpaired) electrons. The first-order valence-electron chi connectivity index (χ1n) is 7.55. The lowest BCUT2D eigenvalue weighted by molar-refractivity contribution is 1.64. The van der Waals surface area contributed by atoms with E-state index < -0.39 is 0 Å². The van der Waals surface area contributed by atoms with Crippen molar-refractivity contribution >= 4 is 22.1 Å². The standard InChI is InChI=1S/C21H14S/c1-13-9-12-20(22-13)16-10-11-19-15-6-3-2-5-14(15)17-7-4-8-18(16)21(17)19/h2-12H,1H3. The fourth-order valence-corrected chi connectivity index (χ4v) is 4.51. The van der Waals surface area contributed by atoms with Crippen LogP contribution in [0.1, 0.15) is 4.88 Å². The van der Waals surface area contributed by atoms with Gasteiger partial charge in [0.1, 0.15) is 0 Å². The average Bonchev–Trinajstić information content (AvgIpc) is 3.12. The van der Waals surface area contributed by atoms with Crippen molar-refractivity contribution in [2.45, 2.75) is 6.92 Å². The van der Waals surface area contributed by atoms with Gasteiger partial charge in [-0.05, 0) is 57.6 Å². The molecule has 22 heavy (non-hydrogen) atoms. The molecule has 0 bridgehead atoms. The summed E-state index contributed by atoms with van der Waals surface area (Å²) in [4.78, 5) is 2.72. The van der Waals surface area contributed by atoms with Crippen molar-refractivity contribution in [3.63, 3.8) is 0 Å². The van der Waals surface area contributed by atoms with Crippen LogP contribution in [0.3, 0.4) is 0 Å². The Balaban J connectivity index is 1.91. The number of aryl methyl sites for hydroxylation is 1. The maximum Gasteiger partial charge on any atom is 0.0351 e. The summed E-state index contributed by atoms with van der Waals surface area (Å²) in [6, 6.07) is 24.5. The summed E-state index contributed by atoms with van der Waals surface area (Å²) < 4.78 is 0. The van der Waals surface area contributed by atoms with Gasteiger partial charge in [-0.1, -0.05) is 54.6 Å². The van der Waals surface area contributed by atoms with Crippen LogP contribution in [0.2, 0.25) is 0 Å². The summed E-state index contributed by atoms with van der Waals surface area (Å²) in [5.74, 6) is 0. The van der Waals surface area contributed by atoms with Crippen LogP contribution in [0.4, 0.5) is 0 Å². The molecule has 5 rings (SSSR count). The van der Waals surface area contributed by atoms with E-state index in [0.29, 0.717) is 0 Å². The number of fused-ring (bicyclic) bond motifs is 3. The van der Waals surface area contributed by atoms with Crippen molar-refractivity contribution in [3.8, 4) is 32.7 Å². The summed E-state index contributed by atoms with van der Waals surface area (Å²) in [6.45, 7) is 2.17. The van der Waals surface area contributed by atoms with Crippen molar-refractivity contribution in [2.24, 2.45) is 0 Å². The lowest BCUT2D eigenvalue weighted by Crippen LogP contribution is -1.80. The summed E-state index contributed by atoms with van der Waals surface area (Å²) in [5, 5.41) is 2.78. The first-order chi connectivity index (χ1) is 10.8. The van der Waals surface area contributed by atoms with E-state index in [1.807, 2.05) is 11.3 Å². The molecular formula is C21H14S. The topological polar surface area (TPSA) is 0 Å². The van der Waals surface area contributed by atoms with Gasteiger partial charge in [0.05, 0.1) is 0 Å². The van der Waals surface area contributed by atoms with E-state index in [1.54, 1.807) is 0 Å². The highest BCUT2D eigenvalue weighted by Gasteiger charge is 2.22. The van der Waals surface area contributed by atoms with Crippen LogP contribution in [0.25, 0.3) is 43.5 Å². The number of thiophene rings is 1. The van der Waals surface area contributed by atoms with Gasteiger partial charge in [0.2, 0.25) is 0 Å². The van der Waals surface area contributed by atoms with Crippen LogP contribution in [0, 0.1) is 6.92 Å². The van der Waals surface area contributed by atoms with Crippen molar-refractivity contribution in [3.05, 3.63) is 71.6 Å². The van der Waals surface area contributed by atoms with Gasteiger partial charge in [0.15, 0.2) is 0 Å². The lowest BCUT2D eigenvalue weighted by Gasteiger charge is -2.07. The van der Waals surface area contributed by atoms with Gasteiger partial charge in [-0.25, -0.2) is 0 Å². The number of hydrogen-bond donors (Lipinski definition) is 0. The van der Waals surface area contributed by atoms with Gasteiger partial charge in [0, 0.05) is 9.75 Å². The molecule has 1 aliphatic rings. The van der Waals surface area contributed by atoms with E-state index in [0.717, 1.165) is 0 Å². The molecule has 1 heterocycles. The summed E-state index contributed by atoms with van der Waals surface area (Å²) in [5.41, 5.74) is 6.83. The third kappa shape index (κ3) is 1.52. The van der Waals surface area contributed by atoms with Crippen molar-refractivity contribution in [1.82, 2.24) is 0 Å². The minimum absolute atomic E-state index is 1.35. The molecule has 0 saturated carbocycles. The number of hydrogen-bond acceptors (Lipinski definition) is 1. The summed E-state index contributed by atoms with van der Waals surface area (Å²) >= 11 is 1.87. The first kappa shape index (κ1) is 12.2. The fourth-order valence-electron chi connectivity index (χ4n) is 3.60. The largest absolute Gasteiger partial charge is 0.141 e. The quantitative estimate of drug-likeness (QED) is 0.330. The molecule has 3 aromatic carbocycles. The van der Waals surface area contributed by atoms with Gasteiger partial charge in [-0.2, -0.15) is 0 Å². The molecule has 0 unspecified atom stereocenters. The van der Waals surface area contributed by atoms with Crippen LogP contribution >= 0.6 is 11.3 Å². The van der Waals surface area contributed by atoms with Gasteiger partial charge >= 0.3 is 0 Å². The van der Waals surface area contributed by atoms with Crippen molar-refractivity contribution in [2.75, 3.05) is 0 Å². The molecule has 4 aromatic rings. The minimum atomic E-state index is 1.35. The maximum absolute atomic E-state index is 2.29. The van der Waals surface area contributed by atoms with E-state index in [1.165, 1.54) is 48.3 Å². The van der Waals surface area contributed by atoms with Crippen LogP contribution in [0.15, 0.2) is 66.7 Å². The van der Waals surface area contributed by atoms with Crippen LogP contribution in [-0.2, 0) is 0 Å². The zero-order valence-corrected chi connectivity index (χ0v) is 13.1. The molecule has 1 aromatic heterocycles. The predicted octanol–water partition coefficient (Wildman–Crippen LogP) is 6.52. The Bertz CT molecular complexity index is 1010. The van der Waals surface area contributed by atoms with Gasteiger partial charge in [-0.3, -0.25) is 0 Å². The Morgan fingerprint density at radius 3 is 2.00 bits per heavy atom. The van der Waals surface area contributed by atoms with E-state index >= 15 is 0 Å². The monoisotopic (exact) mass is 298 g/mol. The Hall–Kier alpha value is -2.38. The highest BCUT2D eigenvalue weighted by molar-refractivity contribution is 7.15. The minimum Gasteiger partial charge on any atom is -0.141 e. The normalized spacial score (nSPS) is 11.9. The molecule has 0 saturated heterocycles. The van der Waals surface area contributed by atoms with E-state index in [2.05, 4.69) is 73.7 Å². The Morgan fingerprint density at radius 1 is 0.591 bits per heavy atom. The molecular weight excluding hydrogens is 284 g/mol. The zero-order valence-electron chi connectivity index (χ0n) is 12.3. The Morgan fingerprint density at radius 2 is 1.27 bits per heavy atom. The third-order valence-electron chi connectivity index (χ3n) is 4.55. The predicted molar refractivity (Wildman–Crippen MR) is 96.4 cm³/mol. The molecule has 0 nitrogen and oxygen atoms in total. The summed E-state index contributed by atoms with van der Waals surface area (Å²) in [6.07, 6.45) is 0. The number of benzene rings is 3. The molecule has 104 valence electrons. The lowest BCUT2D eigenvalue weighted by atomic mass is 9.98. The molecule has 1 heteroatoms. The molecule has 0 N–H and O–H groups in total. The maximum atomic E-state index is 2.29. The van der Waals surface area contributed by atoms with E-state index in [4.69, 9.17) is 0 Å². The van der Waals surface area contributed by atoms with Crippen LogP contribution < -0.4 is 0 Å². The van der Waals surface area contributed by atoms with Gasteiger partial charge in [0.25, 0.3) is 0 Å². The van der Waals surface area contributed by atoms with Gasteiger partial charge < -0.3 is 0 Å². The molecule has 0 fully saturated rings. The highest BCUT2D eigenvalue weighted by Crippen LogP contribution is 2.49. The second kappa shape index (κ2) is 4.31. The second-order valence-corrected chi connectivity index (χ2v) is 7.13. The zero-order chi connectivity index (χ0) is 14.7. The second-order valence-electron chi connectivity index (χ2n) is 5.84. The van der Waals surface area contributed by atoms with Crippen LogP contribution in [0.5, 0.6) is 0 Å². The van der Waals surface area contributed by atoms with Gasteiger partial charge in [-0.15, -0.1) is 11.3 Å². The Kier molecular flexibility index (Phi) is 2.39. The molecule has 1 aliphatic carbocycles. The third-order valence-corrected chi connectivity index (χ3v) is 5.59. The van der Waals surface area contributed by atoms with Crippen LogP contribution in [-0.4, -0.2) is 0 Å².